The second-order valence-corrected chi connectivity index (χ2v) is 4.27. The van der Waals surface area contributed by atoms with E-state index in [0.717, 1.165) is 24.9 Å². The van der Waals surface area contributed by atoms with E-state index in [2.05, 4.69) is 5.32 Å². The number of nitrogens with one attached hydrogen (secondary N) is 1. The van der Waals surface area contributed by atoms with Crippen molar-refractivity contribution < 1.29 is 13.2 Å². The van der Waals surface area contributed by atoms with Crippen molar-refractivity contribution in [3.8, 4) is 0 Å². The van der Waals surface area contributed by atoms with Crippen LogP contribution in [0.4, 0.5) is 13.2 Å². The van der Waals surface area contributed by atoms with Crippen molar-refractivity contribution in [1.82, 2.24) is 5.32 Å². The van der Waals surface area contributed by atoms with Gasteiger partial charge in [0.1, 0.15) is 0 Å². The van der Waals surface area contributed by atoms with Gasteiger partial charge in [-0.05, 0) is 57.5 Å². The van der Waals surface area contributed by atoms with E-state index in [4.69, 9.17) is 0 Å². The van der Waals surface area contributed by atoms with Gasteiger partial charge < -0.3 is 5.32 Å². The van der Waals surface area contributed by atoms with Crippen LogP contribution in [0.15, 0.2) is 18.2 Å². The lowest BCUT2D eigenvalue weighted by Crippen LogP contribution is -2.08. The minimum Gasteiger partial charge on any atom is -0.320 e. The normalized spacial score (nSPS) is 10.9. The second-order valence-electron chi connectivity index (χ2n) is 4.27. The standard InChI is InChI=1S/C13H18F3N.C2H6/c1-10-7-11(5-3-4-6-17-2)9-12(8-10)13(14,15)16;1-2/h7-9,17H,3-6H2,1-2H3;1-2H3. The van der Waals surface area contributed by atoms with Crippen LogP contribution in [-0.2, 0) is 12.6 Å². The van der Waals surface area contributed by atoms with Gasteiger partial charge >= 0.3 is 6.18 Å². The predicted octanol–water partition coefficient (Wildman–Crippen LogP) is 4.58. The summed E-state index contributed by atoms with van der Waals surface area (Å²) in [6.07, 6.45) is -1.66. The van der Waals surface area contributed by atoms with E-state index in [9.17, 15) is 13.2 Å². The molecule has 0 heterocycles. The molecule has 0 aromatic heterocycles. The highest BCUT2D eigenvalue weighted by molar-refractivity contribution is 5.31. The molecule has 0 saturated carbocycles. The van der Waals surface area contributed by atoms with Gasteiger partial charge in [0.15, 0.2) is 0 Å². The first kappa shape index (κ1) is 18.0. The Balaban J connectivity index is 0.00000154. The Hall–Kier alpha value is -1.03. The van der Waals surface area contributed by atoms with Crippen LogP contribution < -0.4 is 5.32 Å². The van der Waals surface area contributed by atoms with Gasteiger partial charge in [0.25, 0.3) is 0 Å². The van der Waals surface area contributed by atoms with Crippen molar-refractivity contribution in [2.75, 3.05) is 13.6 Å². The lowest BCUT2D eigenvalue weighted by atomic mass is 10.0. The average molecular weight is 275 g/mol. The topological polar surface area (TPSA) is 12.0 Å². The summed E-state index contributed by atoms with van der Waals surface area (Å²) in [6.45, 7) is 6.60. The number of hydrogen-bond acceptors (Lipinski definition) is 1. The van der Waals surface area contributed by atoms with Crippen molar-refractivity contribution in [3.63, 3.8) is 0 Å². The summed E-state index contributed by atoms with van der Waals surface area (Å²) in [5.74, 6) is 0. The maximum absolute atomic E-state index is 12.6. The molecule has 1 rings (SSSR count). The molecule has 0 fully saturated rings. The first-order valence-electron chi connectivity index (χ1n) is 6.76. The Morgan fingerprint density at radius 2 is 1.68 bits per heavy atom. The molecule has 0 bridgehead atoms. The fourth-order valence-corrected chi connectivity index (χ4v) is 1.80. The van der Waals surface area contributed by atoms with Gasteiger partial charge in [-0.15, -0.1) is 0 Å². The van der Waals surface area contributed by atoms with E-state index in [1.807, 2.05) is 27.0 Å². The highest BCUT2D eigenvalue weighted by atomic mass is 19.4. The Labute approximate surface area is 114 Å². The highest BCUT2D eigenvalue weighted by Gasteiger charge is 2.30. The van der Waals surface area contributed by atoms with E-state index in [1.54, 1.807) is 6.92 Å². The number of unbranched alkanes of at least 4 members (excludes halogenated alkanes) is 1. The molecule has 4 heteroatoms. The lowest BCUT2D eigenvalue weighted by Gasteiger charge is -2.10. The zero-order chi connectivity index (χ0) is 14.9. The van der Waals surface area contributed by atoms with E-state index >= 15 is 0 Å². The molecular formula is C15H24F3N. The van der Waals surface area contributed by atoms with E-state index in [0.29, 0.717) is 12.0 Å². The summed E-state index contributed by atoms with van der Waals surface area (Å²) >= 11 is 0. The zero-order valence-corrected chi connectivity index (χ0v) is 12.2. The van der Waals surface area contributed by atoms with Crippen molar-refractivity contribution in [2.24, 2.45) is 0 Å². The fourth-order valence-electron chi connectivity index (χ4n) is 1.80. The molecular weight excluding hydrogens is 251 g/mol. The van der Waals surface area contributed by atoms with E-state index < -0.39 is 11.7 Å². The third kappa shape index (κ3) is 7.21. The summed E-state index contributed by atoms with van der Waals surface area (Å²) in [5.41, 5.74) is 0.901. The maximum Gasteiger partial charge on any atom is 0.416 e. The van der Waals surface area contributed by atoms with Crippen molar-refractivity contribution in [3.05, 3.63) is 34.9 Å². The summed E-state index contributed by atoms with van der Waals surface area (Å²) < 4.78 is 37.7. The van der Waals surface area contributed by atoms with Crippen LogP contribution in [0, 0.1) is 6.92 Å². The molecule has 0 unspecified atom stereocenters. The van der Waals surface area contributed by atoms with Crippen molar-refractivity contribution in [2.45, 2.75) is 46.2 Å². The Kier molecular flexibility index (Phi) is 8.48. The number of alkyl halides is 3. The summed E-state index contributed by atoms with van der Waals surface area (Å²) in [4.78, 5) is 0. The zero-order valence-electron chi connectivity index (χ0n) is 12.2. The molecule has 1 N–H and O–H groups in total. The number of aryl methyl sites for hydroxylation is 2. The van der Waals surface area contributed by atoms with E-state index in [1.165, 1.54) is 12.1 Å². The van der Waals surface area contributed by atoms with Crippen molar-refractivity contribution >= 4 is 0 Å². The van der Waals surface area contributed by atoms with Crippen LogP contribution in [0.2, 0.25) is 0 Å². The number of halogens is 3. The average Bonchev–Trinajstić information content (AvgIpc) is 2.35. The minimum atomic E-state index is -4.24. The van der Waals surface area contributed by atoms with Crippen LogP contribution in [-0.4, -0.2) is 13.6 Å². The van der Waals surface area contributed by atoms with Crippen LogP contribution in [0.1, 0.15) is 43.4 Å². The Morgan fingerprint density at radius 1 is 1.05 bits per heavy atom. The van der Waals surface area contributed by atoms with Crippen LogP contribution >= 0.6 is 0 Å². The van der Waals surface area contributed by atoms with Gasteiger partial charge in [0.05, 0.1) is 5.56 Å². The van der Waals surface area contributed by atoms with Gasteiger partial charge in [-0.1, -0.05) is 25.5 Å². The van der Waals surface area contributed by atoms with Gasteiger partial charge in [0, 0.05) is 0 Å². The molecule has 0 aliphatic heterocycles. The van der Waals surface area contributed by atoms with Gasteiger partial charge in [-0.3, -0.25) is 0 Å². The first-order chi connectivity index (χ1) is 8.93. The van der Waals surface area contributed by atoms with Gasteiger partial charge in [-0.25, -0.2) is 0 Å². The third-order valence-electron chi connectivity index (χ3n) is 2.61. The molecule has 1 aromatic rings. The highest BCUT2D eigenvalue weighted by Crippen LogP contribution is 2.30. The number of benzene rings is 1. The smallest absolute Gasteiger partial charge is 0.320 e. The molecule has 0 aliphatic carbocycles. The molecule has 0 atom stereocenters. The first-order valence-corrected chi connectivity index (χ1v) is 6.76. The van der Waals surface area contributed by atoms with E-state index in [-0.39, 0.29) is 0 Å². The minimum absolute atomic E-state index is 0.541. The molecule has 0 radical (unpaired) electrons. The molecule has 0 aliphatic rings. The fraction of sp³-hybridized carbons (Fsp3) is 0.600. The van der Waals surface area contributed by atoms with Crippen LogP contribution in [0.5, 0.6) is 0 Å². The molecule has 110 valence electrons. The summed E-state index contributed by atoms with van der Waals surface area (Å²) in [7, 11) is 1.87. The SMILES string of the molecule is CC.CNCCCCc1cc(C)cc(C(F)(F)F)c1. The van der Waals surface area contributed by atoms with Crippen molar-refractivity contribution in [1.29, 1.82) is 0 Å². The number of hydrogen-bond donors (Lipinski definition) is 1. The van der Waals surface area contributed by atoms with Gasteiger partial charge in [-0.2, -0.15) is 13.2 Å². The molecule has 0 saturated heterocycles. The quantitative estimate of drug-likeness (QED) is 0.775. The summed E-state index contributed by atoms with van der Waals surface area (Å²) in [6, 6.07) is 4.28. The predicted molar refractivity (Wildman–Crippen MR) is 74.4 cm³/mol. The third-order valence-corrected chi connectivity index (χ3v) is 2.61. The molecule has 0 amide bonds. The molecule has 1 aromatic carbocycles. The maximum atomic E-state index is 12.6. The van der Waals surface area contributed by atoms with Gasteiger partial charge in [0.2, 0.25) is 0 Å². The number of rotatable bonds is 5. The molecule has 19 heavy (non-hydrogen) atoms. The van der Waals surface area contributed by atoms with Crippen LogP contribution in [0.25, 0.3) is 0 Å². The molecule has 0 spiro atoms. The molecule has 1 nitrogen and oxygen atoms in total. The second kappa shape index (κ2) is 8.97. The monoisotopic (exact) mass is 275 g/mol. The Bertz CT molecular complexity index is 359. The summed E-state index contributed by atoms with van der Waals surface area (Å²) in [5, 5.41) is 3.02. The van der Waals surface area contributed by atoms with Crippen LogP contribution in [0.3, 0.4) is 0 Å². The Morgan fingerprint density at radius 3 is 2.21 bits per heavy atom. The lowest BCUT2D eigenvalue weighted by molar-refractivity contribution is -0.137. The largest absolute Gasteiger partial charge is 0.416 e.